The van der Waals surface area contributed by atoms with E-state index in [-0.39, 0.29) is 11.2 Å². The Balaban J connectivity index is 2.25. The van der Waals surface area contributed by atoms with Crippen molar-refractivity contribution in [3.8, 4) is 0 Å². The topological polar surface area (TPSA) is 46.2 Å². The first-order valence-corrected chi connectivity index (χ1v) is 8.01. The van der Waals surface area contributed by atoms with Gasteiger partial charge in [-0.25, -0.2) is 4.39 Å². The van der Waals surface area contributed by atoms with Crippen molar-refractivity contribution in [3.63, 3.8) is 0 Å². The van der Waals surface area contributed by atoms with E-state index >= 15 is 0 Å². The van der Waals surface area contributed by atoms with Crippen molar-refractivity contribution in [3.05, 3.63) is 35.6 Å². The molecule has 2 rings (SSSR count). The van der Waals surface area contributed by atoms with Gasteiger partial charge < -0.3 is 10.8 Å². The van der Waals surface area contributed by atoms with Gasteiger partial charge in [0.1, 0.15) is 5.82 Å². The number of benzene rings is 1. The molecule has 1 aromatic carbocycles. The van der Waals surface area contributed by atoms with E-state index in [1.807, 2.05) is 6.92 Å². The number of nitrogens with two attached hydrogens (primary N) is 1. The first-order chi connectivity index (χ1) is 9.82. The first-order valence-electron chi connectivity index (χ1n) is 8.01. The highest BCUT2D eigenvalue weighted by Crippen LogP contribution is 2.51. The van der Waals surface area contributed by atoms with E-state index in [2.05, 4.69) is 13.8 Å². The van der Waals surface area contributed by atoms with E-state index in [4.69, 9.17) is 5.73 Å². The van der Waals surface area contributed by atoms with Gasteiger partial charge >= 0.3 is 0 Å². The van der Waals surface area contributed by atoms with E-state index in [0.29, 0.717) is 18.4 Å². The van der Waals surface area contributed by atoms with Crippen molar-refractivity contribution in [1.82, 2.24) is 0 Å². The van der Waals surface area contributed by atoms with Crippen LogP contribution in [0.2, 0.25) is 0 Å². The summed E-state index contributed by atoms with van der Waals surface area (Å²) in [5.74, 6) is 1.12. The molecule has 0 saturated heterocycles. The van der Waals surface area contributed by atoms with E-state index < -0.39 is 5.60 Å². The lowest BCUT2D eigenvalue weighted by Crippen LogP contribution is -2.51. The second kappa shape index (κ2) is 6.05. The molecule has 21 heavy (non-hydrogen) atoms. The zero-order valence-corrected chi connectivity index (χ0v) is 13.4. The van der Waals surface area contributed by atoms with Gasteiger partial charge in [-0.05, 0) is 62.1 Å². The molecule has 0 aliphatic heterocycles. The minimum absolute atomic E-state index is 0.278. The molecule has 3 heteroatoms. The molecule has 2 nitrogen and oxygen atoms in total. The van der Waals surface area contributed by atoms with Crippen molar-refractivity contribution >= 4 is 0 Å². The maximum Gasteiger partial charge on any atom is 0.123 e. The highest BCUT2D eigenvalue weighted by atomic mass is 19.1. The highest BCUT2D eigenvalue weighted by molar-refractivity contribution is 5.26. The maximum absolute atomic E-state index is 13.1. The van der Waals surface area contributed by atoms with Crippen LogP contribution in [0.3, 0.4) is 0 Å². The molecular weight excluding hydrogens is 265 g/mol. The molecule has 1 atom stereocenters. The third kappa shape index (κ3) is 3.00. The van der Waals surface area contributed by atoms with Crippen LogP contribution in [0.15, 0.2) is 24.3 Å². The molecule has 1 unspecified atom stereocenters. The van der Waals surface area contributed by atoms with Crippen LogP contribution in [0.4, 0.5) is 4.39 Å². The highest BCUT2D eigenvalue weighted by Gasteiger charge is 2.49. The zero-order chi connectivity index (χ0) is 15.7. The molecule has 1 aliphatic carbocycles. The molecule has 0 spiro atoms. The number of halogens is 1. The van der Waals surface area contributed by atoms with Crippen LogP contribution in [-0.2, 0) is 5.60 Å². The molecule has 0 radical (unpaired) electrons. The molecule has 118 valence electrons. The van der Waals surface area contributed by atoms with Crippen molar-refractivity contribution in [1.29, 1.82) is 0 Å². The Morgan fingerprint density at radius 1 is 1.29 bits per heavy atom. The van der Waals surface area contributed by atoms with Crippen LogP contribution in [-0.4, -0.2) is 11.7 Å². The fraction of sp³-hybridized carbons (Fsp3) is 0.667. The second-order valence-corrected chi connectivity index (χ2v) is 7.15. The molecule has 0 amide bonds. The van der Waals surface area contributed by atoms with Crippen LogP contribution in [0.25, 0.3) is 0 Å². The second-order valence-electron chi connectivity index (χ2n) is 7.15. The predicted molar refractivity (Wildman–Crippen MR) is 84.3 cm³/mol. The minimum Gasteiger partial charge on any atom is -0.385 e. The fourth-order valence-corrected chi connectivity index (χ4v) is 3.83. The van der Waals surface area contributed by atoms with Gasteiger partial charge in [0.15, 0.2) is 0 Å². The minimum atomic E-state index is -1.02. The van der Waals surface area contributed by atoms with E-state index in [1.165, 1.54) is 12.1 Å². The molecule has 1 saturated carbocycles. The van der Waals surface area contributed by atoms with Crippen molar-refractivity contribution in [2.45, 2.75) is 52.1 Å². The molecule has 3 N–H and O–H groups in total. The summed E-state index contributed by atoms with van der Waals surface area (Å²) in [4.78, 5) is 0. The van der Waals surface area contributed by atoms with Gasteiger partial charge in [0.05, 0.1) is 5.60 Å². The largest absolute Gasteiger partial charge is 0.385 e. The van der Waals surface area contributed by atoms with Crippen LogP contribution >= 0.6 is 0 Å². The Bertz CT molecular complexity index is 459. The lowest BCUT2D eigenvalue weighted by molar-refractivity contribution is -0.100. The van der Waals surface area contributed by atoms with Crippen LogP contribution in [0.1, 0.15) is 52.0 Å². The zero-order valence-electron chi connectivity index (χ0n) is 13.4. The van der Waals surface area contributed by atoms with Gasteiger partial charge in [0.25, 0.3) is 0 Å². The van der Waals surface area contributed by atoms with Crippen molar-refractivity contribution in [2.24, 2.45) is 23.0 Å². The summed E-state index contributed by atoms with van der Waals surface area (Å²) < 4.78 is 13.1. The van der Waals surface area contributed by atoms with Crippen LogP contribution in [0.5, 0.6) is 0 Å². The SMILES string of the molecule is CC(C)C1CCC(CN)(C(C)(O)c2ccc(F)cc2)CC1. The quantitative estimate of drug-likeness (QED) is 0.886. The van der Waals surface area contributed by atoms with Gasteiger partial charge in [0.2, 0.25) is 0 Å². The van der Waals surface area contributed by atoms with Gasteiger partial charge in [-0.15, -0.1) is 0 Å². The van der Waals surface area contributed by atoms with Crippen molar-refractivity contribution in [2.75, 3.05) is 6.54 Å². The Kier molecular flexibility index (Phi) is 4.74. The lowest BCUT2D eigenvalue weighted by atomic mass is 9.59. The molecule has 0 bridgehead atoms. The van der Waals surface area contributed by atoms with Crippen LogP contribution < -0.4 is 5.73 Å². The number of hydrogen-bond acceptors (Lipinski definition) is 2. The molecule has 1 fully saturated rings. The van der Waals surface area contributed by atoms with E-state index in [0.717, 1.165) is 31.2 Å². The van der Waals surface area contributed by atoms with E-state index in [1.54, 1.807) is 12.1 Å². The number of rotatable bonds is 4. The average Bonchev–Trinajstić information content (AvgIpc) is 2.47. The smallest absolute Gasteiger partial charge is 0.123 e. The van der Waals surface area contributed by atoms with Crippen LogP contribution in [0, 0.1) is 23.1 Å². The van der Waals surface area contributed by atoms with E-state index in [9.17, 15) is 9.50 Å². The molecule has 0 heterocycles. The molecule has 0 aromatic heterocycles. The third-order valence-electron chi connectivity index (χ3n) is 5.76. The Morgan fingerprint density at radius 3 is 2.24 bits per heavy atom. The summed E-state index contributed by atoms with van der Waals surface area (Å²) in [5.41, 5.74) is 5.51. The Morgan fingerprint density at radius 2 is 1.81 bits per heavy atom. The van der Waals surface area contributed by atoms with Gasteiger partial charge in [-0.3, -0.25) is 0 Å². The van der Waals surface area contributed by atoms with Gasteiger partial charge in [-0.1, -0.05) is 26.0 Å². The lowest BCUT2D eigenvalue weighted by Gasteiger charge is -2.49. The number of hydrogen-bond donors (Lipinski definition) is 2. The first kappa shape index (κ1) is 16.4. The summed E-state index contributed by atoms with van der Waals surface area (Å²) in [6.07, 6.45) is 4.06. The summed E-state index contributed by atoms with van der Waals surface area (Å²) in [7, 11) is 0. The van der Waals surface area contributed by atoms with Crippen molar-refractivity contribution < 1.29 is 9.50 Å². The Hall–Kier alpha value is -0.930. The summed E-state index contributed by atoms with van der Waals surface area (Å²) in [6.45, 7) is 6.82. The van der Waals surface area contributed by atoms with Gasteiger partial charge in [-0.2, -0.15) is 0 Å². The molecule has 1 aliphatic rings. The average molecular weight is 293 g/mol. The normalized spacial score (nSPS) is 29.4. The molecular formula is C18H28FNO. The standard InChI is InChI=1S/C18H28FNO/c1-13(2)14-8-10-18(12-20,11-9-14)17(3,21)15-4-6-16(19)7-5-15/h4-7,13-14,21H,8-12,20H2,1-3H3. The maximum atomic E-state index is 13.1. The monoisotopic (exact) mass is 293 g/mol. The summed E-state index contributed by atoms with van der Waals surface area (Å²) in [5, 5.41) is 11.2. The predicted octanol–water partition coefficient (Wildman–Crippen LogP) is 3.82. The fourth-order valence-electron chi connectivity index (χ4n) is 3.83. The van der Waals surface area contributed by atoms with Gasteiger partial charge in [0, 0.05) is 12.0 Å². The number of aliphatic hydroxyl groups is 1. The Labute approximate surface area is 127 Å². The summed E-state index contributed by atoms with van der Waals surface area (Å²) in [6, 6.07) is 6.18. The summed E-state index contributed by atoms with van der Waals surface area (Å²) >= 11 is 0. The third-order valence-corrected chi connectivity index (χ3v) is 5.76. The molecule has 1 aromatic rings.